The molecule has 3 amide bonds. The Morgan fingerprint density at radius 3 is 2.50 bits per heavy atom. The molecule has 0 bridgehead atoms. The quantitative estimate of drug-likeness (QED) is 0.764. The molecule has 140 valence electrons. The van der Waals surface area contributed by atoms with Gasteiger partial charge in [-0.25, -0.2) is 0 Å². The van der Waals surface area contributed by atoms with Gasteiger partial charge in [0.1, 0.15) is 5.41 Å². The maximum Gasteiger partial charge on any atom is 0.416 e. The van der Waals surface area contributed by atoms with E-state index >= 15 is 0 Å². The van der Waals surface area contributed by atoms with Crippen LogP contribution in [0.25, 0.3) is 0 Å². The molecule has 1 aliphatic carbocycles. The van der Waals surface area contributed by atoms with Crippen molar-refractivity contribution in [1.29, 1.82) is 0 Å². The summed E-state index contributed by atoms with van der Waals surface area (Å²) in [5, 5.41) is 2.63. The second kappa shape index (κ2) is 6.30. The van der Waals surface area contributed by atoms with Crippen LogP contribution >= 0.6 is 0 Å². The number of carbonyl (C=O) groups excluding carboxylic acids is 3. The highest BCUT2D eigenvalue weighted by atomic mass is 19.4. The van der Waals surface area contributed by atoms with Gasteiger partial charge >= 0.3 is 6.18 Å². The van der Waals surface area contributed by atoms with E-state index in [1.807, 2.05) is 0 Å². The van der Waals surface area contributed by atoms with Gasteiger partial charge in [0, 0.05) is 19.5 Å². The third kappa shape index (κ3) is 3.38. The van der Waals surface area contributed by atoms with Crippen molar-refractivity contribution in [3.8, 4) is 0 Å². The highest BCUT2D eigenvalue weighted by Gasteiger charge is 2.56. The van der Waals surface area contributed by atoms with Gasteiger partial charge in [0.05, 0.1) is 11.6 Å². The van der Waals surface area contributed by atoms with Crippen LogP contribution in [-0.2, 0) is 27.1 Å². The smallest absolute Gasteiger partial charge is 0.369 e. The number of hydrogen-bond donors (Lipinski definition) is 2. The van der Waals surface area contributed by atoms with E-state index in [4.69, 9.17) is 5.73 Å². The molecule has 1 saturated carbocycles. The number of hydrogen-bond acceptors (Lipinski definition) is 3. The molecular formula is C17H18F3N3O3. The number of primary amides is 1. The summed E-state index contributed by atoms with van der Waals surface area (Å²) >= 11 is 0. The average Bonchev–Trinajstić information content (AvgIpc) is 3.29. The van der Waals surface area contributed by atoms with E-state index in [9.17, 15) is 27.6 Å². The Hall–Kier alpha value is -2.58. The largest absolute Gasteiger partial charge is 0.416 e. The highest BCUT2D eigenvalue weighted by Crippen LogP contribution is 2.45. The third-order valence-corrected chi connectivity index (χ3v) is 4.89. The monoisotopic (exact) mass is 369 g/mol. The van der Waals surface area contributed by atoms with E-state index in [1.165, 1.54) is 23.1 Å². The zero-order chi connectivity index (χ0) is 19.1. The Morgan fingerprint density at radius 1 is 1.27 bits per heavy atom. The standard InChI is InChI=1S/C17H18F3N3O3/c18-17(19,20)12-4-2-1-3-10(12)8-23-9-11(7-13(23)24)22-15(26)16(5-6-16)14(21)25/h1-4,11H,5-9H2,(H2,21,25)(H,22,26)/t11-/m0/s1. The van der Waals surface area contributed by atoms with E-state index in [-0.39, 0.29) is 31.0 Å². The molecule has 1 aromatic rings. The fourth-order valence-electron chi connectivity index (χ4n) is 3.20. The van der Waals surface area contributed by atoms with Crippen molar-refractivity contribution in [1.82, 2.24) is 10.2 Å². The zero-order valence-electron chi connectivity index (χ0n) is 13.8. The number of nitrogens with zero attached hydrogens (tertiary/aromatic N) is 1. The van der Waals surface area contributed by atoms with Crippen molar-refractivity contribution in [2.24, 2.45) is 11.1 Å². The van der Waals surface area contributed by atoms with Crippen LogP contribution in [0.15, 0.2) is 24.3 Å². The van der Waals surface area contributed by atoms with Gasteiger partial charge in [-0.3, -0.25) is 14.4 Å². The number of benzene rings is 1. The minimum atomic E-state index is -4.51. The van der Waals surface area contributed by atoms with Crippen LogP contribution in [0.5, 0.6) is 0 Å². The van der Waals surface area contributed by atoms with Gasteiger partial charge in [0.15, 0.2) is 0 Å². The lowest BCUT2D eigenvalue weighted by atomic mass is 10.1. The van der Waals surface area contributed by atoms with Gasteiger partial charge in [0.2, 0.25) is 17.7 Å². The number of amides is 3. The van der Waals surface area contributed by atoms with Crippen LogP contribution in [0.4, 0.5) is 13.2 Å². The Bertz CT molecular complexity index is 759. The minimum Gasteiger partial charge on any atom is -0.369 e. The molecule has 3 N–H and O–H groups in total. The molecule has 1 saturated heterocycles. The molecule has 2 aliphatic rings. The van der Waals surface area contributed by atoms with Crippen LogP contribution < -0.4 is 11.1 Å². The zero-order valence-corrected chi connectivity index (χ0v) is 13.8. The molecule has 0 aromatic heterocycles. The first-order valence-corrected chi connectivity index (χ1v) is 8.17. The van der Waals surface area contributed by atoms with E-state index in [1.54, 1.807) is 0 Å². The first-order valence-electron chi connectivity index (χ1n) is 8.17. The molecule has 1 atom stereocenters. The van der Waals surface area contributed by atoms with E-state index < -0.39 is 35.0 Å². The second-order valence-electron chi connectivity index (χ2n) is 6.75. The van der Waals surface area contributed by atoms with E-state index in [0.29, 0.717) is 12.8 Å². The van der Waals surface area contributed by atoms with Gasteiger partial charge < -0.3 is 16.0 Å². The van der Waals surface area contributed by atoms with Crippen LogP contribution in [0.2, 0.25) is 0 Å². The fourth-order valence-corrected chi connectivity index (χ4v) is 3.20. The van der Waals surface area contributed by atoms with E-state index in [2.05, 4.69) is 5.32 Å². The number of likely N-dealkylation sites (tertiary alicyclic amines) is 1. The first kappa shape index (κ1) is 18.2. The first-order chi connectivity index (χ1) is 12.1. The summed E-state index contributed by atoms with van der Waals surface area (Å²) in [5.41, 5.74) is 3.25. The molecule has 3 rings (SSSR count). The Kier molecular flexibility index (Phi) is 4.41. The number of rotatable bonds is 5. The normalized spacial score (nSPS) is 21.6. The summed E-state index contributed by atoms with van der Waals surface area (Å²) in [4.78, 5) is 37.0. The van der Waals surface area contributed by atoms with Crippen LogP contribution in [-0.4, -0.2) is 35.2 Å². The fraction of sp³-hybridized carbons (Fsp3) is 0.471. The maximum atomic E-state index is 13.1. The minimum absolute atomic E-state index is 0.00359. The number of halogens is 3. The molecule has 9 heteroatoms. The Balaban J connectivity index is 1.66. The number of nitrogens with two attached hydrogens (primary N) is 1. The summed E-state index contributed by atoms with van der Waals surface area (Å²) < 4.78 is 39.2. The molecule has 26 heavy (non-hydrogen) atoms. The lowest BCUT2D eigenvalue weighted by Crippen LogP contribution is -2.45. The van der Waals surface area contributed by atoms with Crippen molar-refractivity contribution >= 4 is 17.7 Å². The molecular weight excluding hydrogens is 351 g/mol. The van der Waals surface area contributed by atoms with Gasteiger partial charge in [-0.1, -0.05) is 18.2 Å². The van der Waals surface area contributed by atoms with Gasteiger partial charge in [-0.2, -0.15) is 13.2 Å². The third-order valence-electron chi connectivity index (χ3n) is 4.89. The van der Waals surface area contributed by atoms with Crippen LogP contribution in [0.3, 0.4) is 0 Å². The summed E-state index contributed by atoms with van der Waals surface area (Å²) in [6, 6.07) is 4.52. The second-order valence-corrected chi connectivity index (χ2v) is 6.75. The predicted molar refractivity (Wildman–Crippen MR) is 84.3 cm³/mol. The SMILES string of the molecule is NC(=O)C1(C(=O)N[C@H]2CC(=O)N(Cc3ccccc3C(F)(F)F)C2)CC1. The maximum absolute atomic E-state index is 13.1. The van der Waals surface area contributed by atoms with Crippen LogP contribution in [0, 0.1) is 5.41 Å². The average molecular weight is 369 g/mol. The summed E-state index contributed by atoms with van der Waals surface area (Å²) in [6.07, 6.45) is -3.78. The summed E-state index contributed by atoms with van der Waals surface area (Å²) in [7, 11) is 0. The van der Waals surface area contributed by atoms with Gasteiger partial charge in [-0.05, 0) is 24.5 Å². The number of carbonyl (C=O) groups is 3. The topological polar surface area (TPSA) is 92.5 Å². The molecule has 6 nitrogen and oxygen atoms in total. The highest BCUT2D eigenvalue weighted by molar-refractivity contribution is 6.07. The molecule has 2 fully saturated rings. The lowest BCUT2D eigenvalue weighted by molar-refractivity contribution is -0.139. The Labute approximate surface area is 147 Å². The van der Waals surface area contributed by atoms with Crippen LogP contribution in [0.1, 0.15) is 30.4 Å². The van der Waals surface area contributed by atoms with Crippen molar-refractivity contribution < 1.29 is 27.6 Å². The van der Waals surface area contributed by atoms with Crippen molar-refractivity contribution in [3.63, 3.8) is 0 Å². The van der Waals surface area contributed by atoms with Gasteiger partial charge in [-0.15, -0.1) is 0 Å². The van der Waals surface area contributed by atoms with Crippen molar-refractivity contribution in [2.45, 2.75) is 38.0 Å². The lowest BCUT2D eigenvalue weighted by Gasteiger charge is -2.20. The summed E-state index contributed by atoms with van der Waals surface area (Å²) in [6.45, 7) is -0.104. The Morgan fingerprint density at radius 2 is 1.92 bits per heavy atom. The molecule has 1 aliphatic heterocycles. The van der Waals surface area contributed by atoms with Gasteiger partial charge in [0.25, 0.3) is 0 Å². The summed E-state index contributed by atoms with van der Waals surface area (Å²) in [5.74, 6) is -1.56. The predicted octanol–water partition coefficient (Wildman–Crippen LogP) is 1.19. The van der Waals surface area contributed by atoms with Crippen molar-refractivity contribution in [2.75, 3.05) is 6.54 Å². The number of alkyl halides is 3. The molecule has 1 heterocycles. The number of nitrogens with one attached hydrogen (secondary N) is 1. The molecule has 0 unspecified atom stereocenters. The molecule has 1 aromatic carbocycles. The van der Waals surface area contributed by atoms with E-state index in [0.717, 1.165) is 6.07 Å². The molecule has 0 radical (unpaired) electrons. The molecule has 0 spiro atoms. The van der Waals surface area contributed by atoms with Crippen molar-refractivity contribution in [3.05, 3.63) is 35.4 Å².